The van der Waals surface area contributed by atoms with Crippen LogP contribution in [0.1, 0.15) is 51.9 Å². The number of fused-ring (bicyclic) bond motifs is 3. The largest absolute Gasteiger partial charge is 0.478 e. The van der Waals surface area contributed by atoms with Gasteiger partial charge in [-0.25, -0.2) is 9.59 Å². The van der Waals surface area contributed by atoms with Crippen LogP contribution in [0.4, 0.5) is 10.5 Å². The smallest absolute Gasteiger partial charge is 0.407 e. The minimum atomic E-state index is -1.05. The number of aromatic carboxylic acids is 1. The van der Waals surface area contributed by atoms with E-state index in [4.69, 9.17) is 4.74 Å². The van der Waals surface area contributed by atoms with Gasteiger partial charge in [-0.3, -0.25) is 4.79 Å². The quantitative estimate of drug-likeness (QED) is 0.435. The highest BCUT2D eigenvalue weighted by atomic mass is 16.5. The van der Waals surface area contributed by atoms with Crippen molar-refractivity contribution in [1.29, 1.82) is 0 Å². The van der Waals surface area contributed by atoms with Gasteiger partial charge in [0, 0.05) is 24.1 Å². The van der Waals surface area contributed by atoms with Crippen LogP contribution in [0.25, 0.3) is 11.1 Å². The van der Waals surface area contributed by atoms with E-state index in [9.17, 15) is 19.5 Å². The topological polar surface area (TPSA) is 105 Å². The SMILES string of the molecule is Cc1cc(NC(=O)C[C@@H](C)NC(=O)OCC2c3ccccc3-c3ccccc32)cc(C(=O)O)c1C. The molecule has 0 unspecified atom stereocenters. The van der Waals surface area contributed by atoms with Crippen molar-refractivity contribution >= 4 is 23.7 Å². The fourth-order valence-electron chi connectivity index (χ4n) is 4.54. The number of benzene rings is 3. The van der Waals surface area contributed by atoms with E-state index in [1.807, 2.05) is 24.3 Å². The monoisotopic (exact) mass is 472 g/mol. The number of carboxylic acids is 1. The molecule has 35 heavy (non-hydrogen) atoms. The highest BCUT2D eigenvalue weighted by Gasteiger charge is 2.29. The van der Waals surface area contributed by atoms with Crippen molar-refractivity contribution in [2.75, 3.05) is 11.9 Å². The van der Waals surface area contributed by atoms with Gasteiger partial charge in [0.05, 0.1) is 5.56 Å². The van der Waals surface area contributed by atoms with Crippen molar-refractivity contribution in [3.8, 4) is 11.1 Å². The summed E-state index contributed by atoms with van der Waals surface area (Å²) in [5.41, 5.74) is 6.53. The summed E-state index contributed by atoms with van der Waals surface area (Å²) < 4.78 is 5.53. The Balaban J connectivity index is 1.32. The number of carbonyl (C=O) groups excluding carboxylic acids is 2. The number of amides is 2. The third-order valence-electron chi connectivity index (χ3n) is 6.38. The maximum atomic E-state index is 12.5. The molecule has 0 bridgehead atoms. The number of hydrogen-bond acceptors (Lipinski definition) is 4. The van der Waals surface area contributed by atoms with E-state index in [2.05, 4.69) is 34.9 Å². The second-order valence-electron chi connectivity index (χ2n) is 8.89. The van der Waals surface area contributed by atoms with Crippen molar-refractivity contribution in [2.45, 2.75) is 39.2 Å². The van der Waals surface area contributed by atoms with E-state index in [1.165, 1.54) is 6.07 Å². The molecule has 0 spiro atoms. The third-order valence-corrected chi connectivity index (χ3v) is 6.38. The van der Waals surface area contributed by atoms with E-state index in [-0.39, 0.29) is 30.4 Å². The normalized spacial score (nSPS) is 12.9. The lowest BCUT2D eigenvalue weighted by Gasteiger charge is -2.17. The van der Waals surface area contributed by atoms with Gasteiger partial charge in [0.1, 0.15) is 6.61 Å². The van der Waals surface area contributed by atoms with Crippen LogP contribution in [0.15, 0.2) is 60.7 Å². The van der Waals surface area contributed by atoms with Gasteiger partial charge in [-0.1, -0.05) is 48.5 Å². The van der Waals surface area contributed by atoms with Gasteiger partial charge in [0.25, 0.3) is 0 Å². The molecule has 0 saturated heterocycles. The molecule has 0 heterocycles. The molecule has 0 radical (unpaired) electrons. The minimum Gasteiger partial charge on any atom is -0.478 e. The lowest BCUT2D eigenvalue weighted by molar-refractivity contribution is -0.116. The maximum absolute atomic E-state index is 12.5. The van der Waals surface area contributed by atoms with Crippen LogP contribution in [0.2, 0.25) is 0 Å². The molecular weight excluding hydrogens is 444 g/mol. The molecule has 2 amide bonds. The molecule has 180 valence electrons. The summed E-state index contributed by atoms with van der Waals surface area (Å²) in [5, 5.41) is 14.8. The fourth-order valence-corrected chi connectivity index (χ4v) is 4.54. The molecule has 3 N–H and O–H groups in total. The first-order valence-corrected chi connectivity index (χ1v) is 11.5. The van der Waals surface area contributed by atoms with Crippen molar-refractivity contribution < 1.29 is 24.2 Å². The Morgan fingerprint density at radius 2 is 1.57 bits per heavy atom. The van der Waals surface area contributed by atoms with Gasteiger partial charge < -0.3 is 20.5 Å². The molecule has 0 aromatic heterocycles. The zero-order chi connectivity index (χ0) is 25.1. The predicted octanol–water partition coefficient (Wildman–Crippen LogP) is 5.26. The number of hydrogen-bond donors (Lipinski definition) is 3. The zero-order valence-electron chi connectivity index (χ0n) is 19.9. The number of anilines is 1. The van der Waals surface area contributed by atoms with E-state index in [1.54, 1.807) is 26.8 Å². The number of carbonyl (C=O) groups is 3. The Morgan fingerprint density at radius 3 is 2.17 bits per heavy atom. The zero-order valence-corrected chi connectivity index (χ0v) is 19.9. The van der Waals surface area contributed by atoms with E-state index in [0.717, 1.165) is 27.8 Å². The fraction of sp³-hybridized carbons (Fsp3) is 0.250. The molecule has 0 fully saturated rings. The lowest BCUT2D eigenvalue weighted by Crippen LogP contribution is -2.36. The summed E-state index contributed by atoms with van der Waals surface area (Å²) >= 11 is 0. The molecule has 0 saturated carbocycles. The van der Waals surface area contributed by atoms with Gasteiger partial charge in [0.15, 0.2) is 0 Å². The van der Waals surface area contributed by atoms with Crippen molar-refractivity contribution in [2.24, 2.45) is 0 Å². The van der Waals surface area contributed by atoms with Crippen LogP contribution in [0.3, 0.4) is 0 Å². The summed E-state index contributed by atoms with van der Waals surface area (Å²) in [6, 6.07) is 18.9. The summed E-state index contributed by atoms with van der Waals surface area (Å²) in [4.78, 5) is 36.3. The summed E-state index contributed by atoms with van der Waals surface area (Å²) in [7, 11) is 0. The van der Waals surface area contributed by atoms with Gasteiger partial charge in [-0.2, -0.15) is 0 Å². The molecule has 0 aliphatic heterocycles. The Morgan fingerprint density at radius 1 is 0.971 bits per heavy atom. The third kappa shape index (κ3) is 5.19. The molecule has 4 rings (SSSR count). The average Bonchev–Trinajstić information content (AvgIpc) is 3.13. The first kappa shape index (κ1) is 24.0. The first-order chi connectivity index (χ1) is 16.7. The van der Waals surface area contributed by atoms with E-state index >= 15 is 0 Å². The Labute approximate surface area is 204 Å². The highest BCUT2D eigenvalue weighted by Crippen LogP contribution is 2.44. The van der Waals surface area contributed by atoms with Crippen molar-refractivity contribution in [3.05, 3.63) is 88.5 Å². The highest BCUT2D eigenvalue weighted by molar-refractivity contribution is 5.95. The molecule has 3 aromatic carbocycles. The molecular formula is C28H28N2O5. The number of nitrogens with one attached hydrogen (secondary N) is 2. The standard InChI is InChI=1S/C28H28N2O5/c1-16-12-19(14-24(18(16)3)27(32)33)30-26(31)13-17(2)29-28(34)35-15-25-22-10-6-4-8-20(22)21-9-5-7-11-23(21)25/h4-12,14,17,25H,13,15H2,1-3H3,(H,29,34)(H,30,31)(H,32,33)/t17-/m1/s1. The van der Waals surface area contributed by atoms with Crippen molar-refractivity contribution in [1.82, 2.24) is 5.32 Å². The minimum absolute atomic E-state index is 0.0134. The Bertz CT molecular complexity index is 1250. The number of carboxylic acid groups (broad SMARTS) is 1. The average molecular weight is 473 g/mol. The van der Waals surface area contributed by atoms with E-state index < -0.39 is 18.1 Å². The molecule has 1 atom stereocenters. The van der Waals surface area contributed by atoms with Gasteiger partial charge in [-0.15, -0.1) is 0 Å². The van der Waals surface area contributed by atoms with Crippen LogP contribution in [0, 0.1) is 13.8 Å². The Hall–Kier alpha value is -4.13. The number of aryl methyl sites for hydroxylation is 1. The molecule has 7 heteroatoms. The first-order valence-electron chi connectivity index (χ1n) is 11.5. The number of rotatable bonds is 7. The maximum Gasteiger partial charge on any atom is 0.407 e. The predicted molar refractivity (Wildman–Crippen MR) is 134 cm³/mol. The van der Waals surface area contributed by atoms with Gasteiger partial charge in [-0.05, 0) is 66.3 Å². The lowest BCUT2D eigenvalue weighted by atomic mass is 9.98. The summed E-state index contributed by atoms with van der Waals surface area (Å²) in [6.07, 6.45) is -0.578. The molecule has 1 aliphatic carbocycles. The second-order valence-corrected chi connectivity index (χ2v) is 8.89. The Kier molecular flexibility index (Phi) is 6.87. The molecule has 7 nitrogen and oxygen atoms in total. The number of ether oxygens (including phenoxy) is 1. The number of alkyl carbamates (subject to hydrolysis) is 1. The van der Waals surface area contributed by atoms with Gasteiger partial charge in [0.2, 0.25) is 5.91 Å². The van der Waals surface area contributed by atoms with Crippen LogP contribution in [-0.2, 0) is 9.53 Å². The van der Waals surface area contributed by atoms with Crippen LogP contribution >= 0.6 is 0 Å². The molecule has 1 aliphatic rings. The summed E-state index contributed by atoms with van der Waals surface area (Å²) in [6.45, 7) is 5.42. The van der Waals surface area contributed by atoms with Gasteiger partial charge >= 0.3 is 12.1 Å². The van der Waals surface area contributed by atoms with Crippen LogP contribution in [0.5, 0.6) is 0 Å². The van der Waals surface area contributed by atoms with E-state index in [0.29, 0.717) is 11.3 Å². The van der Waals surface area contributed by atoms with Crippen LogP contribution < -0.4 is 10.6 Å². The van der Waals surface area contributed by atoms with Crippen LogP contribution in [-0.4, -0.2) is 35.7 Å². The summed E-state index contributed by atoms with van der Waals surface area (Å²) in [5.74, 6) is -1.43. The van der Waals surface area contributed by atoms with Crippen molar-refractivity contribution in [3.63, 3.8) is 0 Å². The molecule has 3 aromatic rings. The second kappa shape index (κ2) is 10.0.